The van der Waals surface area contributed by atoms with Crippen LogP contribution in [0.5, 0.6) is 5.75 Å². The Hall–Kier alpha value is -2.45. The van der Waals surface area contributed by atoms with Gasteiger partial charge in [-0.2, -0.15) is 0 Å². The van der Waals surface area contributed by atoms with Gasteiger partial charge in [-0.1, -0.05) is 76.7 Å². The van der Waals surface area contributed by atoms with Crippen molar-refractivity contribution in [1.82, 2.24) is 15.5 Å². The third-order valence-corrected chi connectivity index (χ3v) is 10.5. The maximum Gasteiger partial charge on any atom is 0.252 e. The monoisotopic (exact) mass is 670 g/mol. The topological polar surface area (TPSA) is 56.8 Å². The van der Waals surface area contributed by atoms with Crippen molar-refractivity contribution >= 4 is 63.6 Å². The summed E-state index contributed by atoms with van der Waals surface area (Å²) in [6.45, 7) is 3.67. The summed E-state index contributed by atoms with van der Waals surface area (Å²) in [7, 11) is 0. The Bertz CT molecular complexity index is 1570. The van der Waals surface area contributed by atoms with Gasteiger partial charge in [0.25, 0.3) is 5.91 Å². The molecule has 0 unspecified atom stereocenters. The summed E-state index contributed by atoms with van der Waals surface area (Å²) < 4.78 is 6.21. The van der Waals surface area contributed by atoms with E-state index in [1.807, 2.05) is 23.1 Å². The van der Waals surface area contributed by atoms with Gasteiger partial charge in [-0.25, -0.2) is 0 Å². The van der Waals surface area contributed by atoms with Gasteiger partial charge in [0.1, 0.15) is 6.10 Å². The number of carbonyl (C=O) groups is 1. The summed E-state index contributed by atoms with van der Waals surface area (Å²) in [4.78, 5) is 18.8. The van der Waals surface area contributed by atoms with E-state index in [1.54, 1.807) is 18.2 Å². The number of amides is 1. The van der Waals surface area contributed by atoms with Crippen molar-refractivity contribution in [2.24, 2.45) is 0 Å². The smallest absolute Gasteiger partial charge is 0.252 e. The summed E-state index contributed by atoms with van der Waals surface area (Å²) in [6.07, 6.45) is 3.67. The van der Waals surface area contributed by atoms with Crippen LogP contribution in [-0.4, -0.2) is 61.2 Å². The highest BCUT2D eigenvalue weighted by molar-refractivity contribution is 6.42. The van der Waals surface area contributed by atoms with E-state index < -0.39 is 0 Å². The van der Waals surface area contributed by atoms with Crippen molar-refractivity contribution in [2.75, 3.05) is 31.1 Å². The largest absolute Gasteiger partial charge is 0.485 e. The number of hydrogen-bond donors (Lipinski definition) is 2. The lowest BCUT2D eigenvalue weighted by atomic mass is 9.83. The Kier molecular flexibility index (Phi) is 8.75. The molecule has 0 aromatic heterocycles. The van der Waals surface area contributed by atoms with Gasteiger partial charge in [0.2, 0.25) is 0 Å². The number of nitrogens with zero attached hydrogens (tertiary/aromatic N) is 2. The molecule has 1 amide bonds. The summed E-state index contributed by atoms with van der Waals surface area (Å²) in [5.41, 5.74) is 5.10. The number of ether oxygens (including phenoxy) is 1. The molecule has 3 aromatic rings. The molecule has 3 atom stereocenters. The fourth-order valence-electron chi connectivity index (χ4n) is 6.69. The standard InChI is InChI=1S/C34H34Cl4N4O2/c35-27-4-1-3-21(32(27)38)18-42(24-11-12-24)34(43)31-26(15-22-16-39-17-30(31)40-22)20-7-9-23(10-8-20)41-14-13-25(19-41)44-33-28(36)5-2-6-29(33)37/h1-10,22,24-25,30,39-40H,11-19H2/t22-,25-,30-/m0/s1. The van der Waals surface area contributed by atoms with E-state index in [0.29, 0.717) is 32.4 Å². The van der Waals surface area contributed by atoms with Crippen molar-refractivity contribution < 1.29 is 9.53 Å². The van der Waals surface area contributed by atoms with Crippen LogP contribution in [0.25, 0.3) is 5.57 Å². The fraction of sp³-hybridized carbons (Fsp3) is 0.382. The van der Waals surface area contributed by atoms with Crippen molar-refractivity contribution in [3.8, 4) is 5.75 Å². The van der Waals surface area contributed by atoms with E-state index in [4.69, 9.17) is 51.1 Å². The highest BCUT2D eigenvalue weighted by Crippen LogP contribution is 2.39. The van der Waals surface area contributed by atoms with Crippen LogP contribution in [0, 0.1) is 0 Å². The summed E-state index contributed by atoms with van der Waals surface area (Å²) in [5.74, 6) is 0.631. The number of para-hydroxylation sites is 1. The van der Waals surface area contributed by atoms with Gasteiger partial charge < -0.3 is 25.2 Å². The highest BCUT2D eigenvalue weighted by Gasteiger charge is 2.41. The van der Waals surface area contributed by atoms with Gasteiger partial charge in [0.05, 0.1) is 32.7 Å². The molecule has 10 heteroatoms. The molecule has 3 aliphatic heterocycles. The molecule has 1 aliphatic carbocycles. The van der Waals surface area contributed by atoms with E-state index in [9.17, 15) is 4.79 Å². The number of carbonyl (C=O) groups excluding carboxylic acids is 1. The molecular weight excluding hydrogens is 638 g/mol. The zero-order valence-corrected chi connectivity index (χ0v) is 27.2. The lowest BCUT2D eigenvalue weighted by Crippen LogP contribution is -2.60. The number of anilines is 1. The average molecular weight is 672 g/mol. The summed E-state index contributed by atoms with van der Waals surface area (Å²) >= 11 is 25.6. The average Bonchev–Trinajstić information content (AvgIpc) is 3.76. The van der Waals surface area contributed by atoms with E-state index in [2.05, 4.69) is 39.8 Å². The Labute approximate surface area is 278 Å². The van der Waals surface area contributed by atoms with Crippen LogP contribution in [-0.2, 0) is 11.3 Å². The minimum Gasteiger partial charge on any atom is -0.485 e. The Morgan fingerprint density at radius 2 is 1.64 bits per heavy atom. The Morgan fingerprint density at radius 1 is 0.909 bits per heavy atom. The number of nitrogens with one attached hydrogen (secondary N) is 2. The van der Waals surface area contributed by atoms with E-state index in [0.717, 1.165) is 79.8 Å². The van der Waals surface area contributed by atoms with E-state index in [1.165, 1.54) is 0 Å². The predicted octanol–water partition coefficient (Wildman–Crippen LogP) is 7.24. The van der Waals surface area contributed by atoms with Crippen LogP contribution >= 0.6 is 46.4 Å². The zero-order valence-electron chi connectivity index (χ0n) is 24.2. The second-order valence-corrected chi connectivity index (χ2v) is 13.7. The number of halogens is 4. The first kappa shape index (κ1) is 30.2. The molecule has 3 fully saturated rings. The number of hydrogen-bond acceptors (Lipinski definition) is 5. The van der Waals surface area contributed by atoms with Crippen LogP contribution in [0.3, 0.4) is 0 Å². The van der Waals surface area contributed by atoms with Crippen molar-refractivity contribution in [1.29, 1.82) is 0 Å². The second kappa shape index (κ2) is 12.7. The molecule has 44 heavy (non-hydrogen) atoms. The minimum absolute atomic E-state index is 0.00305. The van der Waals surface area contributed by atoms with E-state index in [-0.39, 0.29) is 30.1 Å². The molecule has 2 bridgehead atoms. The van der Waals surface area contributed by atoms with Gasteiger partial charge in [-0.05, 0) is 66.3 Å². The molecular formula is C34H34Cl4N4O2. The molecule has 0 radical (unpaired) electrons. The van der Waals surface area contributed by atoms with Gasteiger partial charge in [0, 0.05) is 55.9 Å². The number of fused-ring (bicyclic) bond motifs is 2. The number of benzene rings is 3. The first-order valence-corrected chi connectivity index (χ1v) is 16.8. The van der Waals surface area contributed by atoms with Crippen molar-refractivity contribution in [3.63, 3.8) is 0 Å². The third-order valence-electron chi connectivity index (χ3n) is 9.08. The molecule has 2 N–H and O–H groups in total. The van der Waals surface area contributed by atoms with Gasteiger partial charge >= 0.3 is 0 Å². The molecule has 1 saturated carbocycles. The minimum atomic E-state index is -0.0473. The van der Waals surface area contributed by atoms with E-state index >= 15 is 0 Å². The van der Waals surface area contributed by atoms with Gasteiger partial charge in [-0.15, -0.1) is 0 Å². The zero-order chi connectivity index (χ0) is 30.4. The third kappa shape index (κ3) is 6.18. The number of rotatable bonds is 8. The van der Waals surface area contributed by atoms with Gasteiger partial charge in [-0.3, -0.25) is 4.79 Å². The summed E-state index contributed by atoms with van der Waals surface area (Å²) in [6, 6.07) is 20.2. The predicted molar refractivity (Wildman–Crippen MR) is 179 cm³/mol. The highest BCUT2D eigenvalue weighted by atomic mass is 35.5. The van der Waals surface area contributed by atoms with Crippen molar-refractivity contribution in [2.45, 2.75) is 56.5 Å². The molecule has 3 heterocycles. The van der Waals surface area contributed by atoms with Crippen LogP contribution in [0.4, 0.5) is 5.69 Å². The first-order chi connectivity index (χ1) is 21.4. The number of piperazine rings is 1. The molecule has 6 nitrogen and oxygen atoms in total. The quantitative estimate of drug-likeness (QED) is 0.265. The SMILES string of the molecule is O=C(C1=C(c2ccc(N3CC[C@H](Oc4c(Cl)cccc4Cl)C3)cc2)C[C@H]2CNC[C@@H]1N2)N(Cc1cccc(Cl)c1Cl)C1CC1. The second-order valence-electron chi connectivity index (χ2n) is 12.1. The lowest BCUT2D eigenvalue weighted by molar-refractivity contribution is -0.128. The van der Waals surface area contributed by atoms with Crippen LogP contribution in [0.1, 0.15) is 36.8 Å². The molecule has 0 spiro atoms. The first-order valence-electron chi connectivity index (χ1n) is 15.3. The maximum atomic E-state index is 14.5. The van der Waals surface area contributed by atoms with Gasteiger partial charge in [0.15, 0.2) is 5.75 Å². The molecule has 4 aliphatic rings. The summed E-state index contributed by atoms with van der Waals surface area (Å²) in [5, 5.41) is 9.32. The fourth-order valence-corrected chi connectivity index (χ4v) is 7.56. The molecule has 2 saturated heterocycles. The maximum absolute atomic E-state index is 14.5. The lowest BCUT2D eigenvalue weighted by Gasteiger charge is -2.41. The van der Waals surface area contributed by atoms with Crippen LogP contribution < -0.4 is 20.3 Å². The Balaban J connectivity index is 1.14. The normalized spacial score (nSPS) is 23.2. The van der Waals surface area contributed by atoms with Crippen LogP contribution in [0.2, 0.25) is 20.1 Å². The van der Waals surface area contributed by atoms with Crippen molar-refractivity contribution in [3.05, 3.63) is 97.5 Å². The molecule has 3 aromatic carbocycles. The molecule has 7 rings (SSSR count). The van der Waals surface area contributed by atoms with Crippen LogP contribution in [0.15, 0.2) is 66.2 Å². The molecule has 230 valence electrons. The Morgan fingerprint density at radius 3 is 2.39 bits per heavy atom.